The maximum atomic E-state index is 5.75. The molecule has 3 N–H and O–H groups in total. The zero-order chi connectivity index (χ0) is 11.8. The van der Waals surface area contributed by atoms with Crippen molar-refractivity contribution in [2.45, 2.75) is 0 Å². The molecule has 0 bridgehead atoms. The summed E-state index contributed by atoms with van der Waals surface area (Å²) in [6.45, 7) is 0. The van der Waals surface area contributed by atoms with Gasteiger partial charge >= 0.3 is 0 Å². The van der Waals surface area contributed by atoms with E-state index >= 15 is 0 Å². The van der Waals surface area contributed by atoms with Crippen molar-refractivity contribution in [2.24, 2.45) is 5.73 Å². The van der Waals surface area contributed by atoms with Gasteiger partial charge in [0.1, 0.15) is 11.2 Å². The van der Waals surface area contributed by atoms with Crippen LogP contribution in [-0.4, -0.2) is 5.11 Å². The Morgan fingerprint density at radius 1 is 1.06 bits per heavy atom. The summed E-state index contributed by atoms with van der Waals surface area (Å²) in [7, 11) is 0. The van der Waals surface area contributed by atoms with E-state index in [1.165, 1.54) is 0 Å². The number of hydrogen-bond acceptors (Lipinski definition) is 2. The first-order chi connectivity index (χ1) is 8.25. The van der Waals surface area contributed by atoms with Gasteiger partial charge in [-0.3, -0.25) is 0 Å². The highest BCUT2D eigenvalue weighted by Crippen LogP contribution is 2.33. The molecule has 3 aromatic rings. The third kappa shape index (κ3) is 1.62. The summed E-state index contributed by atoms with van der Waals surface area (Å²) in [6.07, 6.45) is 0. The number of rotatable bonds is 1. The molecule has 0 aliphatic rings. The lowest BCUT2D eigenvalue weighted by atomic mass is 10.1. The number of benzene rings is 2. The average molecular weight is 242 g/mol. The molecule has 0 saturated carbocycles. The molecule has 0 fully saturated rings. The molecule has 3 nitrogen and oxygen atoms in total. The van der Waals surface area contributed by atoms with Gasteiger partial charge in [0.05, 0.1) is 11.1 Å². The van der Waals surface area contributed by atoms with Crippen molar-refractivity contribution >= 4 is 45.0 Å². The SMILES string of the molecule is NC(=S)Nc1cccc2oc3ccccc3c12. The van der Waals surface area contributed by atoms with Crippen LogP contribution in [0.2, 0.25) is 0 Å². The topological polar surface area (TPSA) is 51.2 Å². The van der Waals surface area contributed by atoms with Crippen molar-refractivity contribution < 1.29 is 4.42 Å². The van der Waals surface area contributed by atoms with Gasteiger partial charge in [0.15, 0.2) is 5.11 Å². The Kier molecular flexibility index (Phi) is 2.23. The first kappa shape index (κ1) is 10.1. The summed E-state index contributed by atoms with van der Waals surface area (Å²) in [5, 5.41) is 5.30. The van der Waals surface area contributed by atoms with Crippen molar-refractivity contribution in [3.63, 3.8) is 0 Å². The van der Waals surface area contributed by atoms with Crippen molar-refractivity contribution in [1.29, 1.82) is 0 Å². The van der Waals surface area contributed by atoms with Crippen LogP contribution >= 0.6 is 12.2 Å². The number of para-hydroxylation sites is 1. The van der Waals surface area contributed by atoms with Gasteiger partial charge in [0, 0.05) is 5.39 Å². The van der Waals surface area contributed by atoms with E-state index in [9.17, 15) is 0 Å². The molecule has 84 valence electrons. The zero-order valence-electron chi connectivity index (χ0n) is 8.94. The molecule has 0 unspecified atom stereocenters. The van der Waals surface area contributed by atoms with Crippen molar-refractivity contribution in [3.8, 4) is 0 Å². The number of hydrogen-bond donors (Lipinski definition) is 2. The molecule has 3 rings (SSSR count). The first-order valence-electron chi connectivity index (χ1n) is 5.22. The van der Waals surface area contributed by atoms with E-state index in [1.54, 1.807) is 0 Å². The highest BCUT2D eigenvalue weighted by molar-refractivity contribution is 7.80. The molecule has 2 aromatic carbocycles. The number of anilines is 1. The number of nitrogens with one attached hydrogen (secondary N) is 1. The van der Waals surface area contributed by atoms with Crippen LogP contribution in [0.5, 0.6) is 0 Å². The lowest BCUT2D eigenvalue weighted by molar-refractivity contribution is 0.669. The molecule has 0 atom stereocenters. The second kappa shape index (κ2) is 3.75. The Labute approximate surface area is 103 Å². The normalized spacial score (nSPS) is 10.8. The van der Waals surface area contributed by atoms with E-state index in [0.717, 1.165) is 27.6 Å². The minimum absolute atomic E-state index is 0.253. The zero-order valence-corrected chi connectivity index (χ0v) is 9.75. The van der Waals surface area contributed by atoms with Gasteiger partial charge in [-0.25, -0.2) is 0 Å². The Morgan fingerprint density at radius 2 is 1.82 bits per heavy atom. The summed E-state index contributed by atoms with van der Waals surface area (Å²) in [5.74, 6) is 0. The van der Waals surface area contributed by atoms with Crippen LogP contribution < -0.4 is 11.1 Å². The van der Waals surface area contributed by atoms with Crippen molar-refractivity contribution in [2.75, 3.05) is 5.32 Å². The molecule has 1 heterocycles. The molecule has 4 heteroatoms. The predicted molar refractivity (Wildman–Crippen MR) is 74.1 cm³/mol. The monoisotopic (exact) mass is 242 g/mol. The van der Waals surface area contributed by atoms with Crippen LogP contribution in [0.3, 0.4) is 0 Å². The molecule has 0 aliphatic heterocycles. The Balaban J connectivity index is 2.39. The van der Waals surface area contributed by atoms with Gasteiger partial charge in [0.25, 0.3) is 0 Å². The largest absolute Gasteiger partial charge is 0.456 e. The van der Waals surface area contributed by atoms with Gasteiger partial charge in [-0.05, 0) is 30.4 Å². The average Bonchev–Trinajstić information content (AvgIpc) is 2.67. The minimum Gasteiger partial charge on any atom is -0.456 e. The Hall–Kier alpha value is -2.07. The first-order valence-corrected chi connectivity index (χ1v) is 5.63. The van der Waals surface area contributed by atoms with Crippen LogP contribution in [0, 0.1) is 0 Å². The highest BCUT2D eigenvalue weighted by atomic mass is 32.1. The molecule has 0 spiro atoms. The second-order valence-corrected chi connectivity index (χ2v) is 4.21. The smallest absolute Gasteiger partial charge is 0.168 e. The van der Waals surface area contributed by atoms with Gasteiger partial charge in [-0.2, -0.15) is 0 Å². The van der Waals surface area contributed by atoms with Crippen LogP contribution in [-0.2, 0) is 0 Å². The lowest BCUT2D eigenvalue weighted by Crippen LogP contribution is -2.18. The molecular weight excluding hydrogens is 232 g/mol. The van der Waals surface area contributed by atoms with E-state index in [4.69, 9.17) is 22.4 Å². The van der Waals surface area contributed by atoms with Crippen LogP contribution in [0.15, 0.2) is 46.9 Å². The minimum atomic E-state index is 0.253. The van der Waals surface area contributed by atoms with Gasteiger partial charge < -0.3 is 15.5 Å². The third-order valence-corrected chi connectivity index (χ3v) is 2.76. The van der Waals surface area contributed by atoms with Gasteiger partial charge in [-0.15, -0.1) is 0 Å². The third-order valence-electron chi connectivity index (χ3n) is 2.66. The fraction of sp³-hybridized carbons (Fsp3) is 0. The van der Waals surface area contributed by atoms with E-state index in [2.05, 4.69) is 5.32 Å². The second-order valence-electron chi connectivity index (χ2n) is 3.77. The van der Waals surface area contributed by atoms with E-state index in [0.29, 0.717) is 0 Å². The van der Waals surface area contributed by atoms with Crippen LogP contribution in [0.25, 0.3) is 21.9 Å². The number of fused-ring (bicyclic) bond motifs is 3. The fourth-order valence-electron chi connectivity index (χ4n) is 2.01. The molecule has 0 amide bonds. The van der Waals surface area contributed by atoms with Gasteiger partial charge in [-0.1, -0.05) is 24.3 Å². The summed E-state index contributed by atoms with van der Waals surface area (Å²) in [6, 6.07) is 13.7. The number of furan rings is 1. The summed E-state index contributed by atoms with van der Waals surface area (Å²) in [5.41, 5.74) is 8.08. The standard InChI is InChI=1S/C13H10N2OS/c14-13(17)15-9-5-3-7-11-12(9)8-4-1-2-6-10(8)16-11/h1-7H,(H3,14,15,17). The van der Waals surface area contributed by atoms with E-state index in [-0.39, 0.29) is 5.11 Å². The van der Waals surface area contributed by atoms with E-state index < -0.39 is 0 Å². The van der Waals surface area contributed by atoms with Gasteiger partial charge in [0.2, 0.25) is 0 Å². The quantitative estimate of drug-likeness (QED) is 0.643. The lowest BCUT2D eigenvalue weighted by Gasteiger charge is -2.04. The molecule has 0 aliphatic carbocycles. The maximum absolute atomic E-state index is 5.75. The summed E-state index contributed by atoms with van der Waals surface area (Å²) >= 11 is 4.87. The Morgan fingerprint density at radius 3 is 2.65 bits per heavy atom. The molecule has 0 saturated heterocycles. The van der Waals surface area contributed by atoms with Crippen molar-refractivity contribution in [3.05, 3.63) is 42.5 Å². The molecular formula is C13H10N2OS. The highest BCUT2D eigenvalue weighted by Gasteiger charge is 2.10. The molecule has 0 radical (unpaired) electrons. The predicted octanol–water partition coefficient (Wildman–Crippen LogP) is 3.24. The maximum Gasteiger partial charge on any atom is 0.168 e. The van der Waals surface area contributed by atoms with Crippen LogP contribution in [0.4, 0.5) is 5.69 Å². The number of nitrogens with two attached hydrogens (primary N) is 1. The van der Waals surface area contributed by atoms with Crippen molar-refractivity contribution in [1.82, 2.24) is 0 Å². The van der Waals surface area contributed by atoms with Crippen LogP contribution in [0.1, 0.15) is 0 Å². The number of thiocarbonyl (C=S) groups is 1. The van der Waals surface area contributed by atoms with E-state index in [1.807, 2.05) is 42.5 Å². The summed E-state index contributed by atoms with van der Waals surface area (Å²) in [4.78, 5) is 0. The Bertz CT molecular complexity index is 718. The molecule has 1 aromatic heterocycles. The molecule has 17 heavy (non-hydrogen) atoms. The fourth-order valence-corrected chi connectivity index (χ4v) is 2.12. The summed E-state index contributed by atoms with van der Waals surface area (Å²) < 4.78 is 5.75.